The molecule has 2 rings (SSSR count). The molecule has 0 bridgehead atoms. The minimum atomic E-state index is -0.831. The Kier molecular flexibility index (Phi) is 4.91. The van der Waals surface area contributed by atoms with Crippen molar-refractivity contribution >= 4 is 23.3 Å². The van der Waals surface area contributed by atoms with Crippen LogP contribution >= 0.6 is 11.3 Å². The van der Waals surface area contributed by atoms with Gasteiger partial charge in [-0.2, -0.15) is 0 Å². The summed E-state index contributed by atoms with van der Waals surface area (Å²) in [5, 5.41) is 12.4. The molecule has 1 aliphatic rings. The van der Waals surface area contributed by atoms with Crippen LogP contribution in [0, 0.1) is 6.92 Å². The van der Waals surface area contributed by atoms with Crippen molar-refractivity contribution in [3.8, 4) is 0 Å². The van der Waals surface area contributed by atoms with Crippen LogP contribution in [-0.4, -0.2) is 64.6 Å². The first-order valence-corrected chi connectivity index (χ1v) is 7.24. The van der Waals surface area contributed by atoms with Gasteiger partial charge in [-0.15, -0.1) is 11.3 Å². The number of carbonyl (C=O) groups excluding carboxylic acids is 1. The summed E-state index contributed by atoms with van der Waals surface area (Å²) in [5.74, 6) is -0.831. The van der Waals surface area contributed by atoms with Gasteiger partial charge in [0.15, 0.2) is 0 Å². The molecule has 0 aliphatic carbocycles. The first-order valence-electron chi connectivity index (χ1n) is 6.43. The van der Waals surface area contributed by atoms with Crippen LogP contribution in [0.15, 0.2) is 6.20 Å². The van der Waals surface area contributed by atoms with E-state index in [9.17, 15) is 9.59 Å². The summed E-state index contributed by atoms with van der Waals surface area (Å²) >= 11 is 1.57. The van der Waals surface area contributed by atoms with Crippen LogP contribution in [0.25, 0.3) is 0 Å². The standard InChI is InChI=1S/C12H18N4O3S/c1-9-6-13-10(20-9)7-14-12(19)16-4-2-15(3-5-16)8-11(17)18/h6H,2-5,7-8H2,1H3,(H,14,19)(H,17,18). The van der Waals surface area contributed by atoms with Crippen molar-refractivity contribution in [1.82, 2.24) is 20.1 Å². The van der Waals surface area contributed by atoms with Gasteiger partial charge in [0.25, 0.3) is 0 Å². The average molecular weight is 298 g/mol. The second-order valence-corrected chi connectivity index (χ2v) is 6.00. The van der Waals surface area contributed by atoms with Crippen molar-refractivity contribution in [3.63, 3.8) is 0 Å². The van der Waals surface area contributed by atoms with Crippen molar-refractivity contribution < 1.29 is 14.7 Å². The van der Waals surface area contributed by atoms with Gasteiger partial charge < -0.3 is 15.3 Å². The molecule has 7 nitrogen and oxygen atoms in total. The SMILES string of the molecule is Cc1cnc(CNC(=O)N2CCN(CC(=O)O)CC2)s1. The van der Waals surface area contributed by atoms with Gasteiger partial charge in [0.2, 0.25) is 0 Å². The molecule has 1 aromatic heterocycles. The van der Waals surface area contributed by atoms with Crippen molar-refractivity contribution in [1.29, 1.82) is 0 Å². The van der Waals surface area contributed by atoms with E-state index in [1.54, 1.807) is 22.4 Å². The smallest absolute Gasteiger partial charge is 0.317 e. The van der Waals surface area contributed by atoms with Gasteiger partial charge in [-0.1, -0.05) is 0 Å². The lowest BCUT2D eigenvalue weighted by Gasteiger charge is -2.33. The number of nitrogens with one attached hydrogen (secondary N) is 1. The number of urea groups is 1. The highest BCUT2D eigenvalue weighted by molar-refractivity contribution is 7.11. The summed E-state index contributed by atoms with van der Waals surface area (Å²) in [4.78, 5) is 31.4. The van der Waals surface area contributed by atoms with Gasteiger partial charge in [0.05, 0.1) is 13.1 Å². The number of thiazole rings is 1. The molecule has 1 aliphatic heterocycles. The lowest BCUT2D eigenvalue weighted by atomic mass is 10.3. The number of carboxylic acids is 1. The summed E-state index contributed by atoms with van der Waals surface area (Å²) in [7, 11) is 0. The van der Waals surface area contributed by atoms with E-state index < -0.39 is 5.97 Å². The summed E-state index contributed by atoms with van der Waals surface area (Å²) < 4.78 is 0. The molecule has 8 heteroatoms. The molecule has 2 amide bonds. The Morgan fingerprint density at radius 1 is 1.40 bits per heavy atom. The lowest BCUT2D eigenvalue weighted by molar-refractivity contribution is -0.138. The number of carbonyl (C=O) groups is 2. The molecular weight excluding hydrogens is 280 g/mol. The number of amides is 2. The molecule has 0 saturated carbocycles. The topological polar surface area (TPSA) is 85.8 Å². The number of carboxylic acid groups (broad SMARTS) is 1. The fourth-order valence-electron chi connectivity index (χ4n) is 2.05. The molecule has 1 aromatic rings. The number of aromatic nitrogens is 1. The zero-order chi connectivity index (χ0) is 14.5. The molecule has 0 aromatic carbocycles. The molecule has 0 unspecified atom stereocenters. The normalized spacial score (nSPS) is 16.1. The predicted octanol–water partition coefficient (Wildman–Crippen LogP) is 0.363. The minimum absolute atomic E-state index is 0.0356. The molecular formula is C12H18N4O3S. The van der Waals surface area contributed by atoms with Gasteiger partial charge in [0.1, 0.15) is 5.01 Å². The molecule has 0 atom stereocenters. The third kappa shape index (κ3) is 4.17. The highest BCUT2D eigenvalue weighted by Gasteiger charge is 2.22. The van der Waals surface area contributed by atoms with E-state index in [0.29, 0.717) is 32.7 Å². The highest BCUT2D eigenvalue weighted by atomic mass is 32.1. The Bertz CT molecular complexity index is 483. The Morgan fingerprint density at radius 3 is 2.65 bits per heavy atom. The minimum Gasteiger partial charge on any atom is -0.480 e. The van der Waals surface area contributed by atoms with Crippen LogP contribution in [0.5, 0.6) is 0 Å². The number of piperazine rings is 1. The van der Waals surface area contributed by atoms with E-state index in [0.717, 1.165) is 9.88 Å². The van der Waals surface area contributed by atoms with E-state index in [-0.39, 0.29) is 12.6 Å². The molecule has 1 fully saturated rings. The van der Waals surface area contributed by atoms with Gasteiger partial charge >= 0.3 is 12.0 Å². The Hall–Kier alpha value is -1.67. The zero-order valence-electron chi connectivity index (χ0n) is 11.3. The number of aliphatic carboxylic acids is 1. The summed E-state index contributed by atoms with van der Waals surface area (Å²) in [6.45, 7) is 4.74. The summed E-state index contributed by atoms with van der Waals surface area (Å²) in [6.07, 6.45) is 1.79. The molecule has 2 heterocycles. The van der Waals surface area contributed by atoms with Crippen molar-refractivity contribution in [3.05, 3.63) is 16.1 Å². The second kappa shape index (κ2) is 6.67. The number of aryl methyl sites for hydroxylation is 1. The van der Waals surface area contributed by atoms with E-state index in [1.165, 1.54) is 0 Å². The van der Waals surface area contributed by atoms with Crippen LogP contribution < -0.4 is 5.32 Å². The number of nitrogens with zero attached hydrogens (tertiary/aromatic N) is 3. The third-order valence-electron chi connectivity index (χ3n) is 3.08. The number of hydrogen-bond donors (Lipinski definition) is 2. The van der Waals surface area contributed by atoms with E-state index in [2.05, 4.69) is 10.3 Å². The maximum atomic E-state index is 12.0. The van der Waals surface area contributed by atoms with E-state index in [4.69, 9.17) is 5.11 Å². The van der Waals surface area contributed by atoms with Gasteiger partial charge in [0, 0.05) is 37.3 Å². The molecule has 0 spiro atoms. The Morgan fingerprint density at radius 2 is 2.10 bits per heavy atom. The maximum absolute atomic E-state index is 12.0. The van der Waals surface area contributed by atoms with Crippen LogP contribution in [-0.2, 0) is 11.3 Å². The van der Waals surface area contributed by atoms with Gasteiger partial charge in [-0.25, -0.2) is 9.78 Å². The zero-order valence-corrected chi connectivity index (χ0v) is 12.2. The van der Waals surface area contributed by atoms with Crippen molar-refractivity contribution in [2.45, 2.75) is 13.5 Å². The largest absolute Gasteiger partial charge is 0.480 e. The highest BCUT2D eigenvalue weighted by Crippen LogP contribution is 2.10. The van der Waals surface area contributed by atoms with Crippen LogP contribution in [0.2, 0.25) is 0 Å². The van der Waals surface area contributed by atoms with Gasteiger partial charge in [-0.05, 0) is 6.92 Å². The van der Waals surface area contributed by atoms with E-state index in [1.807, 2.05) is 11.8 Å². The first kappa shape index (κ1) is 14.7. The van der Waals surface area contributed by atoms with Crippen molar-refractivity contribution in [2.24, 2.45) is 0 Å². The predicted molar refractivity (Wildman–Crippen MR) is 74.7 cm³/mol. The van der Waals surface area contributed by atoms with E-state index >= 15 is 0 Å². The summed E-state index contributed by atoms with van der Waals surface area (Å²) in [6, 6.07) is -0.118. The Balaban J connectivity index is 1.73. The van der Waals surface area contributed by atoms with Crippen LogP contribution in [0.1, 0.15) is 9.88 Å². The lowest BCUT2D eigenvalue weighted by Crippen LogP contribution is -2.52. The van der Waals surface area contributed by atoms with Gasteiger partial charge in [-0.3, -0.25) is 9.69 Å². The maximum Gasteiger partial charge on any atom is 0.317 e. The summed E-state index contributed by atoms with van der Waals surface area (Å²) in [5.41, 5.74) is 0. The molecule has 2 N–H and O–H groups in total. The quantitative estimate of drug-likeness (QED) is 0.838. The molecule has 20 heavy (non-hydrogen) atoms. The average Bonchev–Trinajstić information content (AvgIpc) is 2.82. The van der Waals surface area contributed by atoms with Crippen LogP contribution in [0.4, 0.5) is 4.79 Å². The van der Waals surface area contributed by atoms with Crippen LogP contribution in [0.3, 0.4) is 0 Å². The third-order valence-corrected chi connectivity index (χ3v) is 3.99. The molecule has 0 radical (unpaired) electrons. The Labute approximate surface area is 121 Å². The monoisotopic (exact) mass is 298 g/mol. The second-order valence-electron chi connectivity index (χ2n) is 4.68. The fraction of sp³-hybridized carbons (Fsp3) is 0.583. The first-order chi connectivity index (χ1) is 9.54. The molecule has 1 saturated heterocycles. The number of rotatable bonds is 4. The number of hydrogen-bond acceptors (Lipinski definition) is 5. The van der Waals surface area contributed by atoms with Crippen molar-refractivity contribution in [2.75, 3.05) is 32.7 Å². The molecule has 110 valence electrons. The fourth-order valence-corrected chi connectivity index (χ4v) is 2.77.